The third kappa shape index (κ3) is 5.77. The van der Waals surface area contributed by atoms with E-state index < -0.39 is 11.7 Å². The molecule has 0 spiro atoms. The molecular formula is C14H25N3O2. The minimum absolute atomic E-state index is 0.399. The van der Waals surface area contributed by atoms with Crippen LogP contribution < -0.4 is 5.32 Å². The molecule has 1 heterocycles. The number of carbonyl (C=O) groups is 1. The Balaban J connectivity index is 2.50. The van der Waals surface area contributed by atoms with E-state index in [1.54, 1.807) is 12.5 Å². The van der Waals surface area contributed by atoms with Crippen molar-refractivity contribution in [2.45, 2.75) is 59.7 Å². The number of nitrogens with one attached hydrogen (secondary N) is 1. The van der Waals surface area contributed by atoms with Crippen molar-refractivity contribution in [2.75, 3.05) is 0 Å². The highest BCUT2D eigenvalue weighted by Gasteiger charge is 2.16. The van der Waals surface area contributed by atoms with Crippen LogP contribution in [0.2, 0.25) is 0 Å². The van der Waals surface area contributed by atoms with Crippen molar-refractivity contribution in [1.82, 2.24) is 14.9 Å². The predicted octanol–water partition coefficient (Wildman–Crippen LogP) is 2.95. The van der Waals surface area contributed by atoms with Crippen molar-refractivity contribution in [3.63, 3.8) is 0 Å². The SMILES string of the molecule is CCC(C)Cn1cncc1CNC(=O)OC(C)(C)C. The Hall–Kier alpha value is -1.52. The molecule has 1 N–H and O–H groups in total. The summed E-state index contributed by atoms with van der Waals surface area (Å²) < 4.78 is 7.27. The van der Waals surface area contributed by atoms with Crippen molar-refractivity contribution in [2.24, 2.45) is 5.92 Å². The third-order valence-electron chi connectivity index (χ3n) is 2.82. The summed E-state index contributed by atoms with van der Waals surface area (Å²) >= 11 is 0. The molecule has 0 aliphatic rings. The van der Waals surface area contributed by atoms with Gasteiger partial charge in [-0.1, -0.05) is 20.3 Å². The van der Waals surface area contributed by atoms with Crippen LogP contribution >= 0.6 is 0 Å². The van der Waals surface area contributed by atoms with Crippen molar-refractivity contribution >= 4 is 6.09 Å². The van der Waals surface area contributed by atoms with E-state index in [4.69, 9.17) is 4.74 Å². The Morgan fingerprint density at radius 2 is 2.21 bits per heavy atom. The monoisotopic (exact) mass is 267 g/mol. The minimum atomic E-state index is -0.471. The lowest BCUT2D eigenvalue weighted by atomic mass is 10.1. The van der Waals surface area contributed by atoms with Crippen LogP contribution in [0.3, 0.4) is 0 Å². The standard InChI is InChI=1S/C14H25N3O2/c1-6-11(2)9-17-10-15-7-12(17)8-16-13(18)19-14(3,4)5/h7,10-11H,6,8-9H2,1-5H3,(H,16,18). The smallest absolute Gasteiger partial charge is 0.407 e. The number of alkyl carbamates (subject to hydrolysis) is 1. The van der Waals surface area contributed by atoms with Gasteiger partial charge >= 0.3 is 6.09 Å². The maximum absolute atomic E-state index is 11.6. The fourth-order valence-electron chi connectivity index (χ4n) is 1.60. The van der Waals surface area contributed by atoms with Gasteiger partial charge in [0.1, 0.15) is 5.60 Å². The van der Waals surface area contributed by atoms with Gasteiger partial charge in [-0.3, -0.25) is 0 Å². The number of carbonyl (C=O) groups excluding carboxylic acids is 1. The van der Waals surface area contributed by atoms with Gasteiger partial charge in [0.25, 0.3) is 0 Å². The van der Waals surface area contributed by atoms with Crippen molar-refractivity contribution in [3.8, 4) is 0 Å². The van der Waals surface area contributed by atoms with E-state index in [9.17, 15) is 4.79 Å². The fraction of sp³-hybridized carbons (Fsp3) is 0.714. The molecule has 108 valence electrons. The Bertz CT molecular complexity index is 407. The highest BCUT2D eigenvalue weighted by Crippen LogP contribution is 2.09. The van der Waals surface area contributed by atoms with Gasteiger partial charge in [0.2, 0.25) is 0 Å². The van der Waals surface area contributed by atoms with E-state index in [1.807, 2.05) is 20.8 Å². The van der Waals surface area contributed by atoms with Crippen LogP contribution in [-0.4, -0.2) is 21.2 Å². The molecule has 0 fully saturated rings. The van der Waals surface area contributed by atoms with Gasteiger partial charge < -0.3 is 14.6 Å². The normalized spacial score (nSPS) is 13.1. The second-order valence-electron chi connectivity index (χ2n) is 5.91. The summed E-state index contributed by atoms with van der Waals surface area (Å²) in [5.41, 5.74) is 0.521. The molecule has 0 aromatic carbocycles. The van der Waals surface area contributed by atoms with E-state index in [2.05, 4.69) is 28.7 Å². The molecule has 1 aromatic rings. The zero-order chi connectivity index (χ0) is 14.5. The maximum atomic E-state index is 11.6. The number of aromatic nitrogens is 2. The van der Waals surface area contributed by atoms with Crippen LogP contribution in [0.5, 0.6) is 0 Å². The Morgan fingerprint density at radius 3 is 2.79 bits per heavy atom. The molecule has 0 aliphatic heterocycles. The van der Waals surface area contributed by atoms with E-state index >= 15 is 0 Å². The third-order valence-corrected chi connectivity index (χ3v) is 2.82. The predicted molar refractivity (Wildman–Crippen MR) is 74.8 cm³/mol. The first-order valence-electron chi connectivity index (χ1n) is 6.77. The number of amides is 1. The molecule has 1 aromatic heterocycles. The molecular weight excluding hydrogens is 242 g/mol. The summed E-state index contributed by atoms with van der Waals surface area (Å²) in [6, 6.07) is 0. The molecule has 0 aliphatic carbocycles. The number of ether oxygens (including phenoxy) is 1. The molecule has 1 rings (SSSR count). The summed E-state index contributed by atoms with van der Waals surface area (Å²) in [4.78, 5) is 15.7. The second-order valence-corrected chi connectivity index (χ2v) is 5.91. The zero-order valence-electron chi connectivity index (χ0n) is 12.6. The van der Waals surface area contributed by atoms with E-state index in [1.165, 1.54) is 0 Å². The number of hydrogen-bond donors (Lipinski definition) is 1. The quantitative estimate of drug-likeness (QED) is 0.892. The first-order valence-corrected chi connectivity index (χ1v) is 6.77. The summed E-state index contributed by atoms with van der Waals surface area (Å²) in [5.74, 6) is 0.592. The lowest BCUT2D eigenvalue weighted by Crippen LogP contribution is -2.32. The lowest BCUT2D eigenvalue weighted by Gasteiger charge is -2.20. The largest absolute Gasteiger partial charge is 0.444 e. The molecule has 1 atom stereocenters. The number of rotatable bonds is 5. The lowest BCUT2D eigenvalue weighted by molar-refractivity contribution is 0.0522. The van der Waals surface area contributed by atoms with E-state index in [0.717, 1.165) is 18.7 Å². The van der Waals surface area contributed by atoms with Crippen LogP contribution in [0.1, 0.15) is 46.7 Å². The van der Waals surface area contributed by atoms with Crippen LogP contribution in [0.4, 0.5) is 4.79 Å². The molecule has 19 heavy (non-hydrogen) atoms. The Kier molecular flexibility index (Phi) is 5.39. The molecule has 5 nitrogen and oxygen atoms in total. The first kappa shape index (κ1) is 15.5. The molecule has 0 saturated heterocycles. The Labute approximate surface area is 115 Å². The van der Waals surface area contributed by atoms with Gasteiger partial charge in [0.05, 0.1) is 18.6 Å². The van der Waals surface area contributed by atoms with Gasteiger partial charge in [-0.15, -0.1) is 0 Å². The topological polar surface area (TPSA) is 56.2 Å². The average molecular weight is 267 g/mol. The molecule has 5 heteroatoms. The second kappa shape index (κ2) is 6.59. The van der Waals surface area contributed by atoms with Crippen molar-refractivity contribution < 1.29 is 9.53 Å². The van der Waals surface area contributed by atoms with Crippen LogP contribution in [-0.2, 0) is 17.8 Å². The van der Waals surface area contributed by atoms with Gasteiger partial charge in [-0.2, -0.15) is 0 Å². The van der Waals surface area contributed by atoms with Crippen LogP contribution in [0.15, 0.2) is 12.5 Å². The highest BCUT2D eigenvalue weighted by atomic mass is 16.6. The molecule has 0 radical (unpaired) electrons. The van der Waals surface area contributed by atoms with Gasteiger partial charge in [-0.05, 0) is 26.7 Å². The Morgan fingerprint density at radius 1 is 1.53 bits per heavy atom. The van der Waals surface area contributed by atoms with E-state index in [-0.39, 0.29) is 0 Å². The van der Waals surface area contributed by atoms with Gasteiger partial charge in [0, 0.05) is 12.7 Å². The molecule has 0 saturated carbocycles. The van der Waals surface area contributed by atoms with Crippen LogP contribution in [0, 0.1) is 5.92 Å². The van der Waals surface area contributed by atoms with Gasteiger partial charge in [0.15, 0.2) is 0 Å². The zero-order valence-corrected chi connectivity index (χ0v) is 12.6. The summed E-state index contributed by atoms with van der Waals surface area (Å²) in [6.07, 6.45) is 4.30. The molecule has 1 unspecified atom stereocenters. The average Bonchev–Trinajstić information content (AvgIpc) is 2.71. The van der Waals surface area contributed by atoms with E-state index in [0.29, 0.717) is 12.5 Å². The summed E-state index contributed by atoms with van der Waals surface area (Å²) in [5, 5.41) is 2.75. The minimum Gasteiger partial charge on any atom is -0.444 e. The van der Waals surface area contributed by atoms with Crippen molar-refractivity contribution in [3.05, 3.63) is 18.2 Å². The maximum Gasteiger partial charge on any atom is 0.407 e. The summed E-state index contributed by atoms with van der Waals surface area (Å²) in [7, 11) is 0. The van der Waals surface area contributed by atoms with Gasteiger partial charge in [-0.25, -0.2) is 9.78 Å². The molecule has 0 bridgehead atoms. The number of imidazole rings is 1. The van der Waals surface area contributed by atoms with Crippen molar-refractivity contribution in [1.29, 1.82) is 0 Å². The molecule has 1 amide bonds. The summed E-state index contributed by atoms with van der Waals surface area (Å²) in [6.45, 7) is 11.3. The fourth-order valence-corrected chi connectivity index (χ4v) is 1.60. The first-order chi connectivity index (χ1) is 8.81. The number of hydrogen-bond acceptors (Lipinski definition) is 3. The number of nitrogens with zero attached hydrogens (tertiary/aromatic N) is 2. The highest BCUT2D eigenvalue weighted by molar-refractivity contribution is 5.67. The van der Waals surface area contributed by atoms with Crippen LogP contribution in [0.25, 0.3) is 0 Å².